The summed E-state index contributed by atoms with van der Waals surface area (Å²) in [6.45, 7) is 7.74. The maximum absolute atomic E-state index is 6.11. The van der Waals surface area contributed by atoms with E-state index in [2.05, 4.69) is 23.7 Å². The van der Waals surface area contributed by atoms with E-state index in [1.807, 2.05) is 0 Å². The van der Waals surface area contributed by atoms with Crippen molar-refractivity contribution in [3.63, 3.8) is 0 Å². The molecule has 1 saturated heterocycles. The second-order valence-corrected chi connectivity index (χ2v) is 6.05. The minimum Gasteiger partial charge on any atom is -0.370 e. The molecule has 0 unspecified atom stereocenters. The lowest BCUT2D eigenvalue weighted by atomic mass is 9.67. The summed E-state index contributed by atoms with van der Waals surface area (Å²) in [7, 11) is 0. The number of halogens is 1. The van der Waals surface area contributed by atoms with Crippen molar-refractivity contribution in [3.8, 4) is 0 Å². The van der Waals surface area contributed by atoms with Crippen LogP contribution in [0.3, 0.4) is 0 Å². The van der Waals surface area contributed by atoms with Crippen molar-refractivity contribution < 1.29 is 0 Å². The first-order valence-corrected chi connectivity index (χ1v) is 7.20. The van der Waals surface area contributed by atoms with Gasteiger partial charge in [0.2, 0.25) is 0 Å². The Balaban J connectivity index is 0.00000162. The minimum atomic E-state index is 0. The van der Waals surface area contributed by atoms with Gasteiger partial charge in [-0.25, -0.2) is 0 Å². The number of guanidine groups is 1. The van der Waals surface area contributed by atoms with Crippen LogP contribution in [0.15, 0.2) is 4.99 Å². The Morgan fingerprint density at radius 2 is 1.94 bits per heavy atom. The number of nitrogens with two attached hydrogens (primary N) is 1. The average molecular weight is 365 g/mol. The molecule has 0 atom stereocenters. The number of hydrogen-bond acceptors (Lipinski definition) is 1. The van der Waals surface area contributed by atoms with Gasteiger partial charge in [0, 0.05) is 19.6 Å². The Kier molecular flexibility index (Phi) is 6.21. The highest BCUT2D eigenvalue weighted by Crippen LogP contribution is 2.43. The third-order valence-electron chi connectivity index (χ3n) is 4.85. The van der Waals surface area contributed by atoms with Crippen LogP contribution in [0.1, 0.15) is 52.4 Å². The zero-order valence-corrected chi connectivity index (χ0v) is 14.2. The van der Waals surface area contributed by atoms with E-state index in [-0.39, 0.29) is 24.0 Å². The highest BCUT2D eigenvalue weighted by molar-refractivity contribution is 14.0. The lowest BCUT2D eigenvalue weighted by molar-refractivity contribution is 0.138. The Hall–Kier alpha value is 0. The SMILES string of the molecule is CCC1(CN=C(N)N2CCC(C)CC2)CCC1.I. The normalized spacial score (nSPS) is 24.3. The molecule has 1 aliphatic carbocycles. The number of rotatable bonds is 3. The van der Waals surface area contributed by atoms with Gasteiger partial charge in [-0.1, -0.05) is 20.3 Å². The third-order valence-corrected chi connectivity index (χ3v) is 4.85. The van der Waals surface area contributed by atoms with Crippen LogP contribution in [0.25, 0.3) is 0 Å². The largest absolute Gasteiger partial charge is 0.370 e. The molecule has 2 aliphatic rings. The predicted molar refractivity (Wildman–Crippen MR) is 88.5 cm³/mol. The zero-order valence-electron chi connectivity index (χ0n) is 11.8. The van der Waals surface area contributed by atoms with Gasteiger partial charge in [0.05, 0.1) is 0 Å². The first kappa shape index (κ1) is 16.1. The van der Waals surface area contributed by atoms with Crippen LogP contribution in [0.5, 0.6) is 0 Å². The average Bonchev–Trinajstić information content (AvgIpc) is 2.29. The quantitative estimate of drug-likeness (QED) is 0.474. The molecule has 0 aromatic rings. The van der Waals surface area contributed by atoms with Gasteiger partial charge in [0.15, 0.2) is 5.96 Å². The van der Waals surface area contributed by atoms with Crippen molar-refractivity contribution in [2.45, 2.75) is 52.4 Å². The van der Waals surface area contributed by atoms with Gasteiger partial charge >= 0.3 is 0 Å². The fraction of sp³-hybridized carbons (Fsp3) is 0.929. The summed E-state index contributed by atoms with van der Waals surface area (Å²) in [4.78, 5) is 6.92. The number of piperidine rings is 1. The monoisotopic (exact) mass is 365 g/mol. The van der Waals surface area contributed by atoms with Gasteiger partial charge in [0.25, 0.3) is 0 Å². The predicted octanol–water partition coefficient (Wildman–Crippen LogP) is 3.23. The summed E-state index contributed by atoms with van der Waals surface area (Å²) in [6.07, 6.45) is 7.84. The minimum absolute atomic E-state index is 0. The van der Waals surface area contributed by atoms with E-state index >= 15 is 0 Å². The zero-order chi connectivity index (χ0) is 12.3. The first-order chi connectivity index (χ1) is 8.15. The number of likely N-dealkylation sites (tertiary alicyclic amines) is 1. The standard InChI is InChI=1S/C14H27N3.HI/c1-3-14(7-4-8-14)11-16-13(15)17-9-5-12(2)6-10-17;/h12H,3-11H2,1-2H3,(H2,15,16);1H. The molecule has 0 spiro atoms. The van der Waals surface area contributed by atoms with E-state index in [9.17, 15) is 0 Å². The Labute approximate surface area is 129 Å². The fourth-order valence-corrected chi connectivity index (χ4v) is 2.89. The van der Waals surface area contributed by atoms with E-state index in [4.69, 9.17) is 5.73 Å². The maximum atomic E-state index is 6.11. The van der Waals surface area contributed by atoms with Crippen LogP contribution >= 0.6 is 24.0 Å². The molecule has 3 nitrogen and oxygen atoms in total. The molecule has 0 radical (unpaired) electrons. The molecule has 2 fully saturated rings. The van der Waals surface area contributed by atoms with E-state index in [1.165, 1.54) is 38.5 Å². The second kappa shape index (κ2) is 6.96. The number of nitrogens with zero attached hydrogens (tertiary/aromatic N) is 2. The molecule has 2 rings (SSSR count). The molecule has 0 aromatic carbocycles. The summed E-state index contributed by atoms with van der Waals surface area (Å²) >= 11 is 0. The van der Waals surface area contributed by atoms with E-state index in [0.717, 1.165) is 31.5 Å². The summed E-state index contributed by atoms with van der Waals surface area (Å²) in [5, 5.41) is 0. The van der Waals surface area contributed by atoms with Gasteiger partial charge in [0.1, 0.15) is 0 Å². The molecule has 1 heterocycles. The molecule has 2 N–H and O–H groups in total. The number of aliphatic imine (C=N–C) groups is 1. The van der Waals surface area contributed by atoms with Gasteiger partial charge in [-0.2, -0.15) is 0 Å². The molecular formula is C14H28IN3. The maximum Gasteiger partial charge on any atom is 0.191 e. The summed E-state index contributed by atoms with van der Waals surface area (Å²) in [5.41, 5.74) is 6.60. The van der Waals surface area contributed by atoms with Gasteiger partial charge in [-0.15, -0.1) is 24.0 Å². The van der Waals surface area contributed by atoms with Crippen LogP contribution in [-0.4, -0.2) is 30.5 Å². The van der Waals surface area contributed by atoms with Crippen LogP contribution in [0.2, 0.25) is 0 Å². The molecule has 4 heteroatoms. The number of hydrogen-bond donors (Lipinski definition) is 1. The third kappa shape index (κ3) is 3.75. The Morgan fingerprint density at radius 1 is 1.33 bits per heavy atom. The molecule has 0 amide bonds. The van der Waals surface area contributed by atoms with Gasteiger partial charge in [-0.05, 0) is 43.4 Å². The molecule has 1 aliphatic heterocycles. The van der Waals surface area contributed by atoms with Crippen molar-refractivity contribution in [2.24, 2.45) is 22.1 Å². The van der Waals surface area contributed by atoms with Crippen molar-refractivity contribution in [1.29, 1.82) is 0 Å². The topological polar surface area (TPSA) is 41.6 Å². The van der Waals surface area contributed by atoms with Crippen molar-refractivity contribution >= 4 is 29.9 Å². The Bertz CT molecular complexity index is 273. The molecular weight excluding hydrogens is 337 g/mol. The van der Waals surface area contributed by atoms with Crippen LogP contribution in [0, 0.1) is 11.3 Å². The van der Waals surface area contributed by atoms with Crippen molar-refractivity contribution in [2.75, 3.05) is 19.6 Å². The molecule has 0 bridgehead atoms. The smallest absolute Gasteiger partial charge is 0.191 e. The van der Waals surface area contributed by atoms with E-state index in [0.29, 0.717) is 5.41 Å². The van der Waals surface area contributed by atoms with Crippen LogP contribution < -0.4 is 5.73 Å². The highest BCUT2D eigenvalue weighted by Gasteiger charge is 2.34. The summed E-state index contributed by atoms with van der Waals surface area (Å²) < 4.78 is 0. The molecule has 0 aromatic heterocycles. The first-order valence-electron chi connectivity index (χ1n) is 7.20. The molecule has 106 valence electrons. The van der Waals surface area contributed by atoms with Crippen LogP contribution in [-0.2, 0) is 0 Å². The van der Waals surface area contributed by atoms with Gasteiger partial charge in [-0.3, -0.25) is 4.99 Å². The van der Waals surface area contributed by atoms with Crippen LogP contribution in [0.4, 0.5) is 0 Å². The lowest BCUT2D eigenvalue weighted by Crippen LogP contribution is -2.43. The van der Waals surface area contributed by atoms with E-state index in [1.54, 1.807) is 0 Å². The highest BCUT2D eigenvalue weighted by atomic mass is 127. The lowest BCUT2D eigenvalue weighted by Gasteiger charge is -2.40. The fourth-order valence-electron chi connectivity index (χ4n) is 2.89. The molecule has 18 heavy (non-hydrogen) atoms. The summed E-state index contributed by atoms with van der Waals surface area (Å²) in [5.74, 6) is 1.64. The van der Waals surface area contributed by atoms with E-state index < -0.39 is 0 Å². The van der Waals surface area contributed by atoms with Crippen molar-refractivity contribution in [3.05, 3.63) is 0 Å². The molecule has 1 saturated carbocycles. The summed E-state index contributed by atoms with van der Waals surface area (Å²) in [6, 6.07) is 0. The Morgan fingerprint density at radius 3 is 2.39 bits per heavy atom. The van der Waals surface area contributed by atoms with Crippen molar-refractivity contribution in [1.82, 2.24) is 4.90 Å². The second-order valence-electron chi connectivity index (χ2n) is 6.05. The van der Waals surface area contributed by atoms with Gasteiger partial charge < -0.3 is 10.6 Å².